The van der Waals surface area contributed by atoms with Gasteiger partial charge in [0.15, 0.2) is 0 Å². The zero-order chi connectivity index (χ0) is 17.5. The van der Waals surface area contributed by atoms with Crippen LogP contribution in [0, 0.1) is 0 Å². The molecule has 0 radical (unpaired) electrons. The Morgan fingerprint density at radius 3 is 2.76 bits per heavy atom. The molecule has 138 valence electrons. The summed E-state index contributed by atoms with van der Waals surface area (Å²) in [5.41, 5.74) is 1.11. The van der Waals surface area contributed by atoms with Crippen molar-refractivity contribution in [2.24, 2.45) is 0 Å². The summed E-state index contributed by atoms with van der Waals surface area (Å²) in [7, 11) is 0. The average molecular weight is 348 g/mol. The molecule has 25 heavy (non-hydrogen) atoms. The second-order valence-corrected chi connectivity index (χ2v) is 6.56. The summed E-state index contributed by atoms with van der Waals surface area (Å²) in [4.78, 5) is 0. The molecule has 5 heteroatoms. The summed E-state index contributed by atoms with van der Waals surface area (Å²) in [5.74, 6) is 0.948. The fraction of sp³-hybridized carbons (Fsp3) is 0.500. The van der Waals surface area contributed by atoms with Gasteiger partial charge in [0.1, 0.15) is 5.76 Å². The number of benzene rings is 1. The van der Waals surface area contributed by atoms with Gasteiger partial charge in [-0.3, -0.25) is 0 Å². The largest absolute Gasteiger partial charge is 0.469 e. The van der Waals surface area contributed by atoms with Crippen molar-refractivity contribution in [3.8, 4) is 0 Å². The molecule has 0 spiro atoms. The molecule has 1 aromatic carbocycles. The number of aliphatic hydroxyl groups is 2. The van der Waals surface area contributed by atoms with E-state index in [0.29, 0.717) is 13.0 Å². The number of furan rings is 1. The highest BCUT2D eigenvalue weighted by Crippen LogP contribution is 2.30. The van der Waals surface area contributed by atoms with Crippen LogP contribution in [-0.2, 0) is 22.5 Å². The van der Waals surface area contributed by atoms with E-state index in [1.54, 1.807) is 6.26 Å². The second-order valence-electron chi connectivity index (χ2n) is 6.56. The zero-order valence-corrected chi connectivity index (χ0v) is 14.3. The van der Waals surface area contributed by atoms with Crippen LogP contribution >= 0.6 is 0 Å². The lowest BCUT2D eigenvalue weighted by Crippen LogP contribution is -2.30. The van der Waals surface area contributed by atoms with Crippen LogP contribution in [0.3, 0.4) is 0 Å². The van der Waals surface area contributed by atoms with Crippen molar-refractivity contribution in [1.29, 1.82) is 0 Å². The van der Waals surface area contributed by atoms with Crippen LogP contribution in [-0.4, -0.2) is 41.2 Å². The Labute approximate surface area is 149 Å². The molecular weight excluding hydrogens is 320 g/mol. The molecule has 3 rings (SSSR count). The summed E-state index contributed by atoms with van der Waals surface area (Å²) in [6.45, 7) is 0.258. The Kier molecular flexibility index (Phi) is 6.64. The van der Waals surface area contributed by atoms with E-state index in [0.717, 1.165) is 30.6 Å². The van der Waals surface area contributed by atoms with Gasteiger partial charge in [-0.25, -0.2) is 0 Å². The molecule has 5 nitrogen and oxygen atoms in total. The molecule has 0 bridgehead atoms. The molecule has 1 aliphatic rings. The zero-order valence-electron chi connectivity index (χ0n) is 14.3. The summed E-state index contributed by atoms with van der Waals surface area (Å²) in [5, 5.41) is 18.9. The minimum Gasteiger partial charge on any atom is -0.469 e. The van der Waals surface area contributed by atoms with Gasteiger partial charge in [0.25, 0.3) is 0 Å². The normalized spacial score (nSPS) is 24.5. The summed E-state index contributed by atoms with van der Waals surface area (Å²) in [6, 6.07) is 13.9. The van der Waals surface area contributed by atoms with Crippen molar-refractivity contribution in [3.63, 3.8) is 0 Å². The highest BCUT2D eigenvalue weighted by molar-refractivity contribution is 5.13. The first-order chi connectivity index (χ1) is 12.2. The molecule has 1 aromatic heterocycles. The molecular formula is C20H28O5. The van der Waals surface area contributed by atoms with E-state index in [-0.39, 0.29) is 26.3 Å². The van der Waals surface area contributed by atoms with E-state index in [2.05, 4.69) is 0 Å². The van der Waals surface area contributed by atoms with Crippen molar-refractivity contribution in [3.05, 3.63) is 60.1 Å². The fourth-order valence-corrected chi connectivity index (χ4v) is 3.25. The van der Waals surface area contributed by atoms with E-state index in [9.17, 15) is 5.11 Å². The maximum atomic E-state index is 9.79. The van der Waals surface area contributed by atoms with Gasteiger partial charge in [0, 0.05) is 20.7 Å². The minimum atomic E-state index is -0.781. The Bertz CT molecular complexity index is 604. The Hall–Kier alpha value is -1.66. The fourth-order valence-electron chi connectivity index (χ4n) is 3.25. The minimum absolute atomic E-state index is 0. The van der Waals surface area contributed by atoms with Crippen LogP contribution in [0.25, 0.3) is 0 Å². The number of ether oxygens (including phenoxy) is 2. The van der Waals surface area contributed by atoms with E-state index >= 15 is 0 Å². The first kappa shape index (κ1) is 18.1. The van der Waals surface area contributed by atoms with Crippen LogP contribution in [0.1, 0.15) is 32.0 Å². The lowest BCUT2D eigenvalue weighted by atomic mass is 10.0. The number of aliphatic hydroxyl groups excluding tert-OH is 2. The van der Waals surface area contributed by atoms with Crippen molar-refractivity contribution >= 4 is 0 Å². The standard InChI is InChI=1S/C20H26O5.H2/c21-13-16(22)11-20-19(24-14-15-5-2-1-3-6-15)12-18(25-20)9-8-17-7-4-10-23-17;/h1-7,10,16,18-22H,8-9,11-14H2;1H/t16-,18?,19-,20-;/m1./s1. The average Bonchev–Trinajstić information content (AvgIpc) is 3.29. The Balaban J connectivity index is 0.00000243. The van der Waals surface area contributed by atoms with Gasteiger partial charge in [-0.2, -0.15) is 0 Å². The quantitative estimate of drug-likeness (QED) is 0.729. The van der Waals surface area contributed by atoms with Gasteiger partial charge in [-0.1, -0.05) is 30.3 Å². The molecule has 2 aromatic rings. The first-order valence-electron chi connectivity index (χ1n) is 8.87. The first-order valence-corrected chi connectivity index (χ1v) is 8.87. The predicted octanol–water partition coefficient (Wildman–Crippen LogP) is 2.94. The third-order valence-corrected chi connectivity index (χ3v) is 4.59. The van der Waals surface area contributed by atoms with Crippen molar-refractivity contribution in [1.82, 2.24) is 0 Å². The highest BCUT2D eigenvalue weighted by atomic mass is 16.6. The van der Waals surface area contributed by atoms with Crippen LogP contribution in [0.4, 0.5) is 0 Å². The van der Waals surface area contributed by atoms with E-state index in [4.69, 9.17) is 19.0 Å². The van der Waals surface area contributed by atoms with E-state index in [1.165, 1.54) is 0 Å². The SMILES string of the molecule is OC[C@H](O)C[C@H]1OC(CCc2ccco2)C[C@H]1OCc1ccccc1.[HH]. The summed E-state index contributed by atoms with van der Waals surface area (Å²) in [6.07, 6.45) is 3.53. The number of rotatable bonds is 9. The summed E-state index contributed by atoms with van der Waals surface area (Å²) < 4.78 is 17.5. The van der Waals surface area contributed by atoms with Gasteiger partial charge >= 0.3 is 0 Å². The van der Waals surface area contributed by atoms with E-state index < -0.39 is 6.10 Å². The number of hydrogen-bond donors (Lipinski definition) is 2. The maximum Gasteiger partial charge on any atom is 0.103 e. The maximum absolute atomic E-state index is 9.79. The Morgan fingerprint density at radius 1 is 1.20 bits per heavy atom. The third kappa shape index (κ3) is 5.41. The van der Waals surface area contributed by atoms with Crippen LogP contribution in [0.2, 0.25) is 0 Å². The van der Waals surface area contributed by atoms with Gasteiger partial charge < -0.3 is 24.1 Å². The van der Waals surface area contributed by atoms with Crippen molar-refractivity contribution in [2.75, 3.05) is 6.61 Å². The molecule has 2 heterocycles. The molecule has 2 N–H and O–H groups in total. The van der Waals surface area contributed by atoms with Crippen LogP contribution < -0.4 is 0 Å². The summed E-state index contributed by atoms with van der Waals surface area (Å²) >= 11 is 0. The molecule has 1 unspecified atom stereocenters. The number of hydrogen-bond acceptors (Lipinski definition) is 5. The third-order valence-electron chi connectivity index (χ3n) is 4.59. The molecule has 1 aliphatic heterocycles. The topological polar surface area (TPSA) is 72.1 Å². The monoisotopic (exact) mass is 348 g/mol. The molecule has 4 atom stereocenters. The molecule has 1 saturated heterocycles. The Morgan fingerprint density at radius 2 is 2.04 bits per heavy atom. The van der Waals surface area contributed by atoms with Gasteiger partial charge in [-0.15, -0.1) is 0 Å². The van der Waals surface area contributed by atoms with Crippen molar-refractivity contribution in [2.45, 2.75) is 56.7 Å². The lowest BCUT2D eigenvalue weighted by Gasteiger charge is -2.21. The highest BCUT2D eigenvalue weighted by Gasteiger charge is 2.36. The predicted molar refractivity (Wildman–Crippen MR) is 95.1 cm³/mol. The van der Waals surface area contributed by atoms with Crippen LogP contribution in [0.15, 0.2) is 53.1 Å². The molecule has 0 aliphatic carbocycles. The van der Waals surface area contributed by atoms with Gasteiger partial charge in [0.05, 0.1) is 43.9 Å². The molecule has 0 saturated carbocycles. The van der Waals surface area contributed by atoms with Crippen molar-refractivity contribution < 1.29 is 25.5 Å². The van der Waals surface area contributed by atoms with Crippen LogP contribution in [0.5, 0.6) is 0 Å². The smallest absolute Gasteiger partial charge is 0.103 e. The number of aryl methyl sites for hydroxylation is 1. The lowest BCUT2D eigenvalue weighted by molar-refractivity contribution is -0.0563. The van der Waals surface area contributed by atoms with Gasteiger partial charge in [-0.05, 0) is 24.1 Å². The molecule has 1 fully saturated rings. The van der Waals surface area contributed by atoms with E-state index in [1.807, 2.05) is 42.5 Å². The van der Waals surface area contributed by atoms with Gasteiger partial charge in [0.2, 0.25) is 0 Å². The molecule has 0 amide bonds. The second kappa shape index (κ2) is 9.15.